The smallest absolute Gasteiger partial charge is 0.237 e. The molecule has 0 spiro atoms. The van der Waals surface area contributed by atoms with Crippen LogP contribution < -0.4 is 11.1 Å². The van der Waals surface area contributed by atoms with Gasteiger partial charge in [0.1, 0.15) is 0 Å². The van der Waals surface area contributed by atoms with Crippen LogP contribution in [0.25, 0.3) is 21.8 Å². The number of hydrogen-bond donors (Lipinski definition) is 2. The summed E-state index contributed by atoms with van der Waals surface area (Å²) < 4.78 is 4.01. The molecule has 3 N–H and O–H groups in total. The molecule has 4 rings (SSSR count). The van der Waals surface area contributed by atoms with Crippen molar-refractivity contribution in [3.63, 3.8) is 0 Å². The van der Waals surface area contributed by atoms with Gasteiger partial charge in [-0.2, -0.15) is 0 Å². The summed E-state index contributed by atoms with van der Waals surface area (Å²) >= 11 is 1.32. The highest BCUT2D eigenvalue weighted by molar-refractivity contribution is 8.00. The van der Waals surface area contributed by atoms with Gasteiger partial charge >= 0.3 is 0 Å². The number of nitrogens with two attached hydrogens (primary N) is 1. The molecule has 0 aliphatic rings. The maximum absolute atomic E-state index is 12.8. The van der Waals surface area contributed by atoms with E-state index < -0.39 is 0 Å². The summed E-state index contributed by atoms with van der Waals surface area (Å²) in [4.78, 5) is 12.8. The Hall–Kier alpha value is -3.26. The van der Waals surface area contributed by atoms with Crippen molar-refractivity contribution in [3.05, 3.63) is 55.1 Å². The summed E-state index contributed by atoms with van der Waals surface area (Å²) in [5.74, 6) is 0.202. The normalized spacial score (nSPS) is 12.3. The lowest BCUT2D eigenvalue weighted by Crippen LogP contribution is -2.23. The molecule has 0 fully saturated rings. The number of anilines is 2. The van der Waals surface area contributed by atoms with Crippen LogP contribution in [0.3, 0.4) is 0 Å². The lowest BCUT2D eigenvalue weighted by atomic mass is 10.1. The maximum atomic E-state index is 12.8. The third-order valence-electron chi connectivity index (χ3n) is 5.06. The molecular weight excluding hydrogens is 396 g/mol. The third-order valence-corrected chi connectivity index (χ3v) is 6.15. The summed E-state index contributed by atoms with van der Waals surface area (Å²) in [6, 6.07) is 14.4. The predicted molar refractivity (Wildman–Crippen MR) is 124 cm³/mol. The molecule has 7 nitrogen and oxygen atoms in total. The molecule has 2 aromatic carbocycles. The largest absolute Gasteiger partial charge is 0.368 e. The molecule has 0 bridgehead atoms. The number of aryl methyl sites for hydroxylation is 1. The van der Waals surface area contributed by atoms with E-state index in [0.29, 0.717) is 17.6 Å². The standard InChI is InChI=1S/C22H24N6OS/c1-4-12-28-21(23)25-26-22(28)30-14(3)20(29)24-15-10-11-19-17(13-15)16-8-6-7-9-18(16)27(19)5-2/h4,6-11,13-14H,1,5,12H2,2-3H3,(H2,23,25)(H,24,29). The van der Waals surface area contributed by atoms with Crippen molar-refractivity contribution < 1.29 is 4.79 Å². The molecule has 1 unspecified atom stereocenters. The number of amides is 1. The number of para-hydroxylation sites is 1. The van der Waals surface area contributed by atoms with Crippen LogP contribution in [0.5, 0.6) is 0 Å². The summed E-state index contributed by atoms with van der Waals surface area (Å²) in [6.45, 7) is 9.08. The van der Waals surface area contributed by atoms with E-state index in [1.54, 1.807) is 10.6 Å². The molecular formula is C22H24N6OS. The van der Waals surface area contributed by atoms with Gasteiger partial charge in [0, 0.05) is 40.6 Å². The van der Waals surface area contributed by atoms with Gasteiger partial charge in [0.25, 0.3) is 0 Å². The van der Waals surface area contributed by atoms with E-state index in [2.05, 4.69) is 51.8 Å². The van der Waals surface area contributed by atoms with E-state index in [4.69, 9.17) is 5.73 Å². The van der Waals surface area contributed by atoms with Crippen LogP contribution in [0, 0.1) is 0 Å². The zero-order valence-electron chi connectivity index (χ0n) is 17.0. The Morgan fingerprint density at radius 2 is 1.97 bits per heavy atom. The van der Waals surface area contributed by atoms with E-state index in [9.17, 15) is 4.79 Å². The molecule has 4 aromatic rings. The average Bonchev–Trinajstić information content (AvgIpc) is 3.25. The summed E-state index contributed by atoms with van der Waals surface area (Å²) in [5.41, 5.74) is 8.96. The number of thioether (sulfide) groups is 1. The van der Waals surface area contributed by atoms with Gasteiger partial charge in [0.15, 0.2) is 5.16 Å². The van der Waals surface area contributed by atoms with Gasteiger partial charge in [-0.1, -0.05) is 36.0 Å². The first-order valence-corrected chi connectivity index (χ1v) is 10.7. The number of carbonyl (C=O) groups is 1. The number of rotatable bonds is 7. The van der Waals surface area contributed by atoms with Gasteiger partial charge in [0.2, 0.25) is 11.9 Å². The van der Waals surface area contributed by atoms with Crippen molar-refractivity contribution in [3.8, 4) is 0 Å². The Morgan fingerprint density at radius 1 is 1.20 bits per heavy atom. The molecule has 0 radical (unpaired) electrons. The first kappa shape index (κ1) is 20.0. The molecule has 0 saturated heterocycles. The topological polar surface area (TPSA) is 90.8 Å². The maximum Gasteiger partial charge on any atom is 0.237 e. The molecule has 2 aromatic heterocycles. The molecule has 0 aliphatic carbocycles. The van der Waals surface area contributed by atoms with Gasteiger partial charge in [-0.05, 0) is 38.1 Å². The molecule has 1 amide bonds. The monoisotopic (exact) mass is 420 g/mol. The molecule has 1 atom stereocenters. The van der Waals surface area contributed by atoms with Gasteiger partial charge < -0.3 is 15.6 Å². The third kappa shape index (κ3) is 3.54. The first-order valence-electron chi connectivity index (χ1n) is 9.81. The molecule has 0 saturated carbocycles. The molecule has 2 heterocycles. The van der Waals surface area contributed by atoms with Crippen LogP contribution in [0.1, 0.15) is 13.8 Å². The van der Waals surface area contributed by atoms with E-state index in [0.717, 1.165) is 23.1 Å². The second kappa shape index (κ2) is 8.23. The van der Waals surface area contributed by atoms with Crippen LogP contribution in [-0.2, 0) is 17.9 Å². The number of nitrogen functional groups attached to an aromatic ring is 1. The fourth-order valence-corrected chi connectivity index (χ4v) is 4.48. The van der Waals surface area contributed by atoms with Crippen LogP contribution in [0.2, 0.25) is 0 Å². The number of hydrogen-bond acceptors (Lipinski definition) is 5. The minimum Gasteiger partial charge on any atom is -0.368 e. The highest BCUT2D eigenvalue weighted by Gasteiger charge is 2.20. The number of nitrogens with zero attached hydrogens (tertiary/aromatic N) is 4. The number of aromatic nitrogens is 4. The van der Waals surface area contributed by atoms with Gasteiger partial charge in [-0.15, -0.1) is 16.8 Å². The Balaban J connectivity index is 1.57. The minimum absolute atomic E-state index is 0.106. The molecule has 8 heteroatoms. The van der Waals surface area contributed by atoms with Crippen molar-refractivity contribution in [2.45, 2.75) is 37.3 Å². The van der Waals surface area contributed by atoms with Crippen LogP contribution in [0.4, 0.5) is 11.6 Å². The van der Waals surface area contributed by atoms with Crippen LogP contribution in [-0.4, -0.2) is 30.5 Å². The number of benzene rings is 2. The molecule has 154 valence electrons. The van der Waals surface area contributed by atoms with Gasteiger partial charge in [-0.25, -0.2) is 0 Å². The van der Waals surface area contributed by atoms with Crippen molar-refractivity contribution in [1.82, 2.24) is 19.3 Å². The predicted octanol–water partition coefficient (Wildman–Crippen LogP) is 4.29. The second-order valence-corrected chi connectivity index (χ2v) is 8.29. The fourth-order valence-electron chi connectivity index (χ4n) is 3.62. The quantitative estimate of drug-likeness (QED) is 0.344. The Kier molecular flexibility index (Phi) is 5.50. The Morgan fingerprint density at radius 3 is 2.73 bits per heavy atom. The minimum atomic E-state index is -0.371. The average molecular weight is 421 g/mol. The lowest BCUT2D eigenvalue weighted by molar-refractivity contribution is -0.115. The van der Waals surface area contributed by atoms with Crippen molar-refractivity contribution in [2.75, 3.05) is 11.1 Å². The van der Waals surface area contributed by atoms with E-state index in [1.807, 2.05) is 31.2 Å². The van der Waals surface area contributed by atoms with E-state index in [1.165, 1.54) is 22.7 Å². The van der Waals surface area contributed by atoms with Crippen LogP contribution in [0.15, 0.2) is 60.3 Å². The second-order valence-electron chi connectivity index (χ2n) is 6.98. The number of allylic oxidation sites excluding steroid dienone is 1. The zero-order chi connectivity index (χ0) is 21.3. The number of fused-ring (bicyclic) bond motifs is 3. The fraction of sp³-hybridized carbons (Fsp3) is 0.227. The van der Waals surface area contributed by atoms with E-state index in [-0.39, 0.29) is 11.2 Å². The number of carbonyl (C=O) groups excluding carboxylic acids is 1. The summed E-state index contributed by atoms with van der Waals surface area (Å²) in [7, 11) is 0. The first-order chi connectivity index (χ1) is 14.5. The van der Waals surface area contributed by atoms with Crippen molar-refractivity contribution >= 4 is 51.1 Å². The highest BCUT2D eigenvalue weighted by Crippen LogP contribution is 2.31. The summed E-state index contributed by atoms with van der Waals surface area (Å²) in [5, 5.41) is 13.5. The number of nitrogens with one attached hydrogen (secondary N) is 1. The summed E-state index contributed by atoms with van der Waals surface area (Å²) in [6.07, 6.45) is 1.72. The SMILES string of the molecule is C=CCn1c(N)nnc1SC(C)C(=O)Nc1ccc2c(c1)c1ccccc1n2CC. The zero-order valence-corrected chi connectivity index (χ0v) is 17.8. The van der Waals surface area contributed by atoms with Crippen molar-refractivity contribution in [2.24, 2.45) is 0 Å². The molecule has 0 aliphatic heterocycles. The van der Waals surface area contributed by atoms with E-state index >= 15 is 0 Å². The Bertz CT molecular complexity index is 1240. The van der Waals surface area contributed by atoms with Crippen molar-refractivity contribution in [1.29, 1.82) is 0 Å². The lowest BCUT2D eigenvalue weighted by Gasteiger charge is -2.12. The molecule has 30 heavy (non-hydrogen) atoms. The Labute approximate surface area is 179 Å². The van der Waals surface area contributed by atoms with Gasteiger partial charge in [-0.3, -0.25) is 9.36 Å². The highest BCUT2D eigenvalue weighted by atomic mass is 32.2. The van der Waals surface area contributed by atoms with Gasteiger partial charge in [0.05, 0.1) is 5.25 Å². The van der Waals surface area contributed by atoms with Crippen LogP contribution >= 0.6 is 11.8 Å².